The molecule has 124 valence electrons. The lowest BCUT2D eigenvalue weighted by Gasteiger charge is -2.13. The molecule has 0 aliphatic carbocycles. The topological polar surface area (TPSA) is 69.6 Å². The van der Waals surface area contributed by atoms with Gasteiger partial charge in [0.25, 0.3) is 5.91 Å². The number of nitrogens with zero attached hydrogens (tertiary/aromatic N) is 1. The Morgan fingerprint density at radius 3 is 2.41 bits per heavy atom. The van der Waals surface area contributed by atoms with Crippen molar-refractivity contribution in [3.63, 3.8) is 0 Å². The molecule has 1 atom stereocenters. The maximum atomic E-state index is 12.5. The van der Waals surface area contributed by atoms with Crippen molar-refractivity contribution in [1.82, 2.24) is 9.88 Å². The van der Waals surface area contributed by atoms with E-state index in [-0.39, 0.29) is 11.9 Å². The van der Waals surface area contributed by atoms with Crippen LogP contribution in [0.15, 0.2) is 0 Å². The second kappa shape index (κ2) is 7.98. The highest BCUT2D eigenvalue weighted by Gasteiger charge is 2.27. The zero-order chi connectivity index (χ0) is 16.9. The van der Waals surface area contributed by atoms with Crippen molar-refractivity contribution in [2.24, 2.45) is 0 Å². The van der Waals surface area contributed by atoms with E-state index >= 15 is 0 Å². The van der Waals surface area contributed by atoms with E-state index in [2.05, 4.69) is 5.32 Å². The summed E-state index contributed by atoms with van der Waals surface area (Å²) in [5, 5.41) is 2.88. The van der Waals surface area contributed by atoms with Crippen molar-refractivity contribution in [3.05, 3.63) is 22.5 Å². The van der Waals surface area contributed by atoms with Crippen LogP contribution < -0.4 is 5.32 Å². The summed E-state index contributed by atoms with van der Waals surface area (Å²) < 4.78 is 12.0. The van der Waals surface area contributed by atoms with Gasteiger partial charge in [0, 0.05) is 25.4 Å². The van der Waals surface area contributed by atoms with Crippen LogP contribution in [0.4, 0.5) is 0 Å². The first-order valence-electron chi connectivity index (χ1n) is 7.55. The third kappa shape index (κ3) is 3.68. The number of esters is 1. The van der Waals surface area contributed by atoms with Crippen LogP contribution in [0.5, 0.6) is 0 Å². The molecule has 22 heavy (non-hydrogen) atoms. The molecular formula is C16H26N2O4. The van der Waals surface area contributed by atoms with Crippen LogP contribution in [0.1, 0.15) is 52.9 Å². The van der Waals surface area contributed by atoms with Gasteiger partial charge in [0.15, 0.2) is 0 Å². The summed E-state index contributed by atoms with van der Waals surface area (Å²) >= 11 is 0. The molecule has 1 amide bonds. The molecule has 0 aliphatic heterocycles. The molecule has 0 bridgehead atoms. The summed E-state index contributed by atoms with van der Waals surface area (Å²) in [7, 11) is 1.59. The lowest BCUT2D eigenvalue weighted by Crippen LogP contribution is -2.36. The Hall–Kier alpha value is -1.82. The van der Waals surface area contributed by atoms with Crippen LogP contribution in [-0.2, 0) is 16.0 Å². The van der Waals surface area contributed by atoms with Gasteiger partial charge in [-0.1, -0.05) is 0 Å². The van der Waals surface area contributed by atoms with Gasteiger partial charge in [-0.15, -0.1) is 0 Å². The molecule has 0 aromatic carbocycles. The SMILES string of the molecule is CCOC(=O)c1c(C)c(C(=O)N[C@@H](C)COC)c(C)n1CC. The normalized spacial score (nSPS) is 12.1. The van der Waals surface area contributed by atoms with Gasteiger partial charge in [0.05, 0.1) is 18.8 Å². The Bertz CT molecular complexity index is 549. The fourth-order valence-electron chi connectivity index (χ4n) is 2.68. The van der Waals surface area contributed by atoms with Crippen LogP contribution in [0, 0.1) is 13.8 Å². The standard InChI is InChI=1S/C16H26N2O4/c1-7-18-12(5)13(15(19)17-10(3)9-21-6)11(4)14(18)16(20)22-8-2/h10H,7-9H2,1-6H3,(H,17,19)/t10-/m0/s1. The lowest BCUT2D eigenvalue weighted by atomic mass is 10.1. The average Bonchev–Trinajstić information content (AvgIpc) is 2.69. The molecule has 0 aliphatic rings. The number of nitrogens with one attached hydrogen (secondary N) is 1. The monoisotopic (exact) mass is 310 g/mol. The number of amides is 1. The third-order valence-corrected chi connectivity index (χ3v) is 3.57. The fraction of sp³-hybridized carbons (Fsp3) is 0.625. The molecule has 6 heteroatoms. The van der Waals surface area contributed by atoms with Gasteiger partial charge in [-0.3, -0.25) is 4.79 Å². The summed E-state index contributed by atoms with van der Waals surface area (Å²) in [6.45, 7) is 10.5. The van der Waals surface area contributed by atoms with Crippen molar-refractivity contribution < 1.29 is 19.1 Å². The van der Waals surface area contributed by atoms with Crippen LogP contribution in [0.2, 0.25) is 0 Å². The molecule has 0 unspecified atom stereocenters. The van der Waals surface area contributed by atoms with Crippen LogP contribution in [0.25, 0.3) is 0 Å². The van der Waals surface area contributed by atoms with Crippen LogP contribution >= 0.6 is 0 Å². The van der Waals surface area contributed by atoms with Crippen molar-refractivity contribution >= 4 is 11.9 Å². The smallest absolute Gasteiger partial charge is 0.355 e. The molecular weight excluding hydrogens is 284 g/mol. The van der Waals surface area contributed by atoms with Crippen molar-refractivity contribution in [2.75, 3.05) is 20.3 Å². The zero-order valence-corrected chi connectivity index (χ0v) is 14.3. The zero-order valence-electron chi connectivity index (χ0n) is 14.3. The van der Waals surface area contributed by atoms with E-state index in [0.717, 1.165) is 5.69 Å². The summed E-state index contributed by atoms with van der Waals surface area (Å²) in [6.07, 6.45) is 0. The number of hydrogen-bond donors (Lipinski definition) is 1. The number of ether oxygens (including phenoxy) is 2. The molecule has 0 spiro atoms. The van der Waals surface area contributed by atoms with Gasteiger partial charge >= 0.3 is 5.97 Å². The molecule has 1 aromatic rings. The molecule has 1 rings (SSSR count). The van der Waals surface area contributed by atoms with Gasteiger partial charge in [-0.05, 0) is 40.2 Å². The molecule has 0 saturated heterocycles. The maximum Gasteiger partial charge on any atom is 0.355 e. The molecule has 0 fully saturated rings. The van der Waals surface area contributed by atoms with E-state index in [4.69, 9.17) is 9.47 Å². The highest BCUT2D eigenvalue weighted by molar-refractivity contribution is 6.01. The number of hydrogen-bond acceptors (Lipinski definition) is 4. The summed E-state index contributed by atoms with van der Waals surface area (Å²) in [5.74, 6) is -0.591. The Morgan fingerprint density at radius 1 is 1.27 bits per heavy atom. The van der Waals surface area contributed by atoms with Crippen molar-refractivity contribution in [1.29, 1.82) is 0 Å². The van der Waals surface area contributed by atoms with E-state index in [1.165, 1.54) is 0 Å². The first-order valence-corrected chi connectivity index (χ1v) is 7.55. The number of carbonyl (C=O) groups excluding carboxylic acids is 2. The summed E-state index contributed by atoms with van der Waals surface area (Å²) in [4.78, 5) is 24.7. The van der Waals surface area contributed by atoms with Crippen LogP contribution in [0.3, 0.4) is 0 Å². The van der Waals surface area contributed by atoms with Gasteiger partial charge < -0.3 is 19.4 Å². The number of carbonyl (C=O) groups is 2. The number of rotatable bonds is 7. The molecule has 6 nitrogen and oxygen atoms in total. The first kappa shape index (κ1) is 18.2. The molecule has 1 heterocycles. The quantitative estimate of drug-likeness (QED) is 0.783. The maximum absolute atomic E-state index is 12.5. The minimum absolute atomic E-state index is 0.104. The van der Waals surface area contributed by atoms with E-state index in [1.807, 2.05) is 25.3 Å². The third-order valence-electron chi connectivity index (χ3n) is 3.57. The predicted octanol–water partition coefficient (Wildman–Crippen LogP) is 2.07. The highest BCUT2D eigenvalue weighted by Crippen LogP contribution is 2.23. The van der Waals surface area contributed by atoms with E-state index in [1.54, 1.807) is 21.0 Å². The molecule has 0 saturated carbocycles. The van der Waals surface area contributed by atoms with Crippen molar-refractivity contribution in [3.8, 4) is 0 Å². The fourth-order valence-corrected chi connectivity index (χ4v) is 2.68. The van der Waals surface area contributed by atoms with Gasteiger partial charge in [-0.2, -0.15) is 0 Å². The second-order valence-electron chi connectivity index (χ2n) is 5.23. The molecule has 1 N–H and O–H groups in total. The Morgan fingerprint density at radius 2 is 1.91 bits per heavy atom. The lowest BCUT2D eigenvalue weighted by molar-refractivity contribution is 0.0512. The average molecular weight is 310 g/mol. The van der Waals surface area contributed by atoms with Gasteiger partial charge in [0.2, 0.25) is 0 Å². The first-order chi connectivity index (χ1) is 10.4. The predicted molar refractivity (Wildman–Crippen MR) is 84.3 cm³/mol. The second-order valence-corrected chi connectivity index (χ2v) is 5.23. The van der Waals surface area contributed by atoms with E-state index in [0.29, 0.717) is 36.6 Å². The minimum atomic E-state index is -0.395. The number of methoxy groups -OCH3 is 1. The largest absolute Gasteiger partial charge is 0.461 e. The minimum Gasteiger partial charge on any atom is -0.461 e. The highest BCUT2D eigenvalue weighted by atomic mass is 16.5. The summed E-state index contributed by atoms with van der Waals surface area (Å²) in [6, 6.07) is -0.104. The van der Waals surface area contributed by atoms with E-state index in [9.17, 15) is 9.59 Å². The summed E-state index contributed by atoms with van der Waals surface area (Å²) in [5.41, 5.74) is 2.41. The van der Waals surface area contributed by atoms with Gasteiger partial charge in [0.1, 0.15) is 5.69 Å². The Labute approximate surface area is 131 Å². The van der Waals surface area contributed by atoms with Crippen molar-refractivity contribution in [2.45, 2.75) is 47.2 Å². The molecule has 0 radical (unpaired) electrons. The van der Waals surface area contributed by atoms with Gasteiger partial charge in [-0.25, -0.2) is 4.79 Å². The molecule has 1 aromatic heterocycles. The number of aromatic nitrogens is 1. The Kier molecular flexibility index (Phi) is 6.61. The van der Waals surface area contributed by atoms with E-state index < -0.39 is 5.97 Å². The van der Waals surface area contributed by atoms with Crippen LogP contribution in [-0.4, -0.2) is 42.8 Å². The Balaban J connectivity index is 3.21.